The molecular formula is C31H29N3O3S2. The minimum absolute atomic E-state index is 0.0791. The molecule has 1 amide bonds. The van der Waals surface area contributed by atoms with E-state index in [-0.39, 0.29) is 5.91 Å². The van der Waals surface area contributed by atoms with E-state index in [0.29, 0.717) is 35.6 Å². The Bertz CT molecular complexity index is 1450. The molecule has 0 unspecified atom stereocenters. The molecule has 3 aromatic carbocycles. The van der Waals surface area contributed by atoms with Crippen LogP contribution in [-0.4, -0.2) is 44.7 Å². The van der Waals surface area contributed by atoms with Crippen LogP contribution in [0.4, 0.5) is 0 Å². The molecule has 1 saturated heterocycles. The summed E-state index contributed by atoms with van der Waals surface area (Å²) in [6.07, 6.45) is 4.58. The second-order valence-corrected chi connectivity index (χ2v) is 10.6. The van der Waals surface area contributed by atoms with Crippen molar-refractivity contribution in [3.05, 3.63) is 107 Å². The fraction of sp³-hybridized carbons (Fsp3) is 0.194. The van der Waals surface area contributed by atoms with Gasteiger partial charge in [-0.25, -0.2) is 4.68 Å². The fourth-order valence-electron chi connectivity index (χ4n) is 4.18. The van der Waals surface area contributed by atoms with Gasteiger partial charge in [-0.3, -0.25) is 9.69 Å². The number of hydrogen-bond donors (Lipinski definition) is 0. The van der Waals surface area contributed by atoms with E-state index in [1.807, 2.05) is 109 Å². The van der Waals surface area contributed by atoms with Crippen molar-refractivity contribution in [1.29, 1.82) is 0 Å². The summed E-state index contributed by atoms with van der Waals surface area (Å²) >= 11 is 6.85. The first-order valence-electron chi connectivity index (χ1n) is 12.9. The molecule has 0 saturated carbocycles. The maximum absolute atomic E-state index is 13.2. The normalized spacial score (nSPS) is 14.4. The molecule has 0 N–H and O–H groups in total. The molecule has 0 radical (unpaired) electrons. The van der Waals surface area contributed by atoms with Crippen LogP contribution >= 0.6 is 24.0 Å². The Kier molecular flexibility index (Phi) is 8.88. The summed E-state index contributed by atoms with van der Waals surface area (Å²) in [5.74, 6) is 0.698. The number of carbonyl (C=O) groups excluding carboxylic acids is 1. The molecule has 4 aromatic rings. The van der Waals surface area contributed by atoms with Gasteiger partial charge in [0.15, 0.2) is 0 Å². The summed E-state index contributed by atoms with van der Waals surface area (Å²) in [4.78, 5) is 15.5. The highest BCUT2D eigenvalue weighted by molar-refractivity contribution is 8.26. The summed E-state index contributed by atoms with van der Waals surface area (Å²) < 4.78 is 13.8. The summed E-state index contributed by atoms with van der Waals surface area (Å²) in [7, 11) is 0. The Morgan fingerprint density at radius 1 is 0.974 bits per heavy atom. The van der Waals surface area contributed by atoms with Gasteiger partial charge < -0.3 is 9.47 Å². The number of rotatable bonds is 11. The number of aromatic nitrogens is 2. The molecule has 1 aliphatic heterocycles. The van der Waals surface area contributed by atoms with Gasteiger partial charge in [-0.15, -0.1) is 0 Å². The molecule has 2 heterocycles. The Morgan fingerprint density at radius 2 is 1.69 bits per heavy atom. The van der Waals surface area contributed by atoms with Gasteiger partial charge in [0.25, 0.3) is 5.91 Å². The zero-order valence-corrected chi connectivity index (χ0v) is 23.3. The molecule has 39 heavy (non-hydrogen) atoms. The topological polar surface area (TPSA) is 56.6 Å². The van der Waals surface area contributed by atoms with Gasteiger partial charge >= 0.3 is 0 Å². The molecule has 5 rings (SSSR count). The van der Waals surface area contributed by atoms with Gasteiger partial charge in [-0.05, 0) is 61.4 Å². The van der Waals surface area contributed by atoms with Crippen LogP contribution in [0.15, 0.2) is 96.0 Å². The minimum atomic E-state index is -0.0791. The Balaban J connectivity index is 1.40. The van der Waals surface area contributed by atoms with Crippen LogP contribution in [0.5, 0.6) is 5.75 Å². The number of para-hydroxylation sites is 1. The lowest BCUT2D eigenvalue weighted by molar-refractivity contribution is -0.122. The van der Waals surface area contributed by atoms with Gasteiger partial charge in [0, 0.05) is 37.1 Å². The van der Waals surface area contributed by atoms with Crippen LogP contribution in [0.1, 0.15) is 24.5 Å². The van der Waals surface area contributed by atoms with Crippen molar-refractivity contribution in [2.75, 3.05) is 19.8 Å². The van der Waals surface area contributed by atoms with Crippen molar-refractivity contribution < 1.29 is 14.3 Å². The van der Waals surface area contributed by atoms with Crippen LogP contribution < -0.4 is 4.74 Å². The second-order valence-electron chi connectivity index (χ2n) is 8.90. The summed E-state index contributed by atoms with van der Waals surface area (Å²) in [5, 5.41) is 4.90. The van der Waals surface area contributed by atoms with E-state index >= 15 is 0 Å². The van der Waals surface area contributed by atoms with Crippen LogP contribution in [-0.2, 0) is 16.1 Å². The number of nitrogens with zero attached hydrogens (tertiary/aromatic N) is 3. The third kappa shape index (κ3) is 6.65. The van der Waals surface area contributed by atoms with E-state index < -0.39 is 0 Å². The lowest BCUT2D eigenvalue weighted by Crippen LogP contribution is -2.29. The zero-order chi connectivity index (χ0) is 27.0. The van der Waals surface area contributed by atoms with Crippen molar-refractivity contribution in [3.63, 3.8) is 0 Å². The van der Waals surface area contributed by atoms with E-state index in [0.717, 1.165) is 40.2 Å². The smallest absolute Gasteiger partial charge is 0.266 e. The molecule has 0 aliphatic carbocycles. The predicted octanol–water partition coefficient (Wildman–Crippen LogP) is 6.75. The first kappa shape index (κ1) is 26.9. The van der Waals surface area contributed by atoms with Crippen molar-refractivity contribution in [2.45, 2.75) is 20.0 Å². The maximum atomic E-state index is 13.2. The highest BCUT2D eigenvalue weighted by Crippen LogP contribution is 2.35. The van der Waals surface area contributed by atoms with Gasteiger partial charge in [0.05, 0.1) is 16.3 Å². The van der Waals surface area contributed by atoms with Crippen LogP contribution in [0.25, 0.3) is 23.0 Å². The lowest BCUT2D eigenvalue weighted by Gasteiger charge is -2.13. The number of thioether (sulfide) groups is 1. The molecule has 1 aromatic heterocycles. The molecular weight excluding hydrogens is 526 g/mol. The van der Waals surface area contributed by atoms with Gasteiger partial charge in [0.1, 0.15) is 16.7 Å². The van der Waals surface area contributed by atoms with Gasteiger partial charge in [0.2, 0.25) is 0 Å². The molecule has 0 spiro atoms. The van der Waals surface area contributed by atoms with Crippen molar-refractivity contribution in [3.8, 4) is 22.7 Å². The average molecular weight is 556 g/mol. The molecule has 198 valence electrons. The molecule has 8 heteroatoms. The monoisotopic (exact) mass is 555 g/mol. The number of carbonyl (C=O) groups is 1. The number of ether oxygens (including phenoxy) is 2. The van der Waals surface area contributed by atoms with E-state index in [1.165, 1.54) is 11.8 Å². The van der Waals surface area contributed by atoms with Crippen LogP contribution in [0.2, 0.25) is 0 Å². The molecule has 0 atom stereocenters. The Morgan fingerprint density at radius 3 is 2.41 bits per heavy atom. The maximum Gasteiger partial charge on any atom is 0.266 e. The molecule has 1 fully saturated rings. The summed E-state index contributed by atoms with van der Waals surface area (Å²) in [5.41, 5.74) is 4.59. The summed E-state index contributed by atoms with van der Waals surface area (Å²) in [6.45, 7) is 4.27. The van der Waals surface area contributed by atoms with Crippen LogP contribution in [0, 0.1) is 0 Å². The Labute approximate surface area is 238 Å². The Hall–Kier alpha value is -3.72. The van der Waals surface area contributed by atoms with Crippen molar-refractivity contribution >= 4 is 40.3 Å². The van der Waals surface area contributed by atoms with E-state index in [2.05, 4.69) is 0 Å². The van der Waals surface area contributed by atoms with Crippen LogP contribution in [0.3, 0.4) is 0 Å². The minimum Gasteiger partial charge on any atom is -0.489 e. The first-order chi connectivity index (χ1) is 19.1. The summed E-state index contributed by atoms with van der Waals surface area (Å²) in [6, 6.07) is 27.9. The highest BCUT2D eigenvalue weighted by Gasteiger charge is 2.32. The quantitative estimate of drug-likeness (QED) is 0.116. The molecule has 0 bridgehead atoms. The predicted molar refractivity (Wildman–Crippen MR) is 161 cm³/mol. The van der Waals surface area contributed by atoms with Crippen molar-refractivity contribution in [1.82, 2.24) is 14.7 Å². The standard InChI is InChI=1S/C31H29N3O3S2/c1-2-36-19-9-18-33-30(35)28(39-31(33)38)20-25-21-34(26-12-7-4-8-13-26)32-29(25)24-14-16-27(17-15-24)37-22-23-10-5-3-6-11-23/h3-8,10-17,20-21H,2,9,18-19,22H2,1H3/b28-20-. The van der Waals surface area contributed by atoms with Gasteiger partial charge in [-0.1, -0.05) is 72.5 Å². The van der Waals surface area contributed by atoms with E-state index in [1.54, 1.807) is 4.90 Å². The first-order valence-corrected chi connectivity index (χ1v) is 14.1. The average Bonchev–Trinajstić information content (AvgIpc) is 3.51. The third-order valence-electron chi connectivity index (χ3n) is 6.17. The lowest BCUT2D eigenvalue weighted by atomic mass is 10.1. The molecule has 6 nitrogen and oxygen atoms in total. The largest absolute Gasteiger partial charge is 0.489 e. The van der Waals surface area contributed by atoms with E-state index in [9.17, 15) is 4.79 Å². The van der Waals surface area contributed by atoms with Crippen molar-refractivity contribution in [2.24, 2.45) is 0 Å². The SMILES string of the molecule is CCOCCCN1C(=O)/C(=C/c2cn(-c3ccccc3)nc2-c2ccc(OCc3ccccc3)cc2)SC1=S. The number of hydrogen-bond acceptors (Lipinski definition) is 6. The van der Waals surface area contributed by atoms with E-state index in [4.69, 9.17) is 26.8 Å². The third-order valence-corrected chi connectivity index (χ3v) is 7.55. The molecule has 1 aliphatic rings. The number of benzene rings is 3. The highest BCUT2D eigenvalue weighted by atomic mass is 32.2. The second kappa shape index (κ2) is 12.9. The fourth-order valence-corrected chi connectivity index (χ4v) is 5.48. The number of thiocarbonyl (C=S) groups is 1. The van der Waals surface area contributed by atoms with Gasteiger partial charge in [-0.2, -0.15) is 5.10 Å². The zero-order valence-electron chi connectivity index (χ0n) is 21.7. The number of amides is 1.